The maximum absolute atomic E-state index is 11.9. The Kier molecular flexibility index (Phi) is 4.75. The molecule has 4 nitrogen and oxygen atoms in total. The maximum atomic E-state index is 11.9. The standard InChI is InChI=1S/C9H11BrClNO3S/c1-12(4-5-13)16(14,15)7-2-3-9(11)8(10)6-7/h2-3,6,13H,4-5H2,1H3. The highest BCUT2D eigenvalue weighted by molar-refractivity contribution is 9.10. The minimum absolute atomic E-state index is 0.0581. The highest BCUT2D eigenvalue weighted by atomic mass is 79.9. The largest absolute Gasteiger partial charge is 0.395 e. The second kappa shape index (κ2) is 5.46. The molecule has 1 aromatic rings. The van der Waals surface area contributed by atoms with Crippen molar-refractivity contribution in [1.29, 1.82) is 0 Å². The van der Waals surface area contributed by atoms with Gasteiger partial charge in [0.15, 0.2) is 0 Å². The Morgan fingerprint density at radius 2 is 2.12 bits per heavy atom. The lowest BCUT2D eigenvalue weighted by Gasteiger charge is -2.16. The fraction of sp³-hybridized carbons (Fsp3) is 0.333. The Hall–Kier alpha value is -0.140. The molecule has 0 aliphatic heterocycles. The van der Waals surface area contributed by atoms with Crippen molar-refractivity contribution in [3.05, 3.63) is 27.7 Å². The third-order valence-electron chi connectivity index (χ3n) is 2.01. The van der Waals surface area contributed by atoms with Gasteiger partial charge in [0.1, 0.15) is 0 Å². The van der Waals surface area contributed by atoms with Gasteiger partial charge in [-0.1, -0.05) is 11.6 Å². The average Bonchev–Trinajstić information content (AvgIpc) is 2.22. The smallest absolute Gasteiger partial charge is 0.242 e. The van der Waals surface area contributed by atoms with Crippen LogP contribution in [0.3, 0.4) is 0 Å². The second-order valence-electron chi connectivity index (χ2n) is 3.13. The molecule has 0 fully saturated rings. The van der Waals surface area contributed by atoms with Gasteiger partial charge in [-0.25, -0.2) is 8.42 Å². The van der Waals surface area contributed by atoms with Crippen molar-refractivity contribution in [2.24, 2.45) is 0 Å². The lowest BCUT2D eigenvalue weighted by molar-refractivity contribution is 0.266. The van der Waals surface area contributed by atoms with Crippen LogP contribution in [0.1, 0.15) is 0 Å². The third kappa shape index (κ3) is 2.95. The average molecular weight is 329 g/mol. The number of aliphatic hydroxyl groups is 1. The van der Waals surface area contributed by atoms with Crippen LogP contribution in [0, 0.1) is 0 Å². The summed E-state index contributed by atoms with van der Waals surface area (Å²) in [5, 5.41) is 9.16. The molecule has 0 heterocycles. The van der Waals surface area contributed by atoms with Crippen LogP contribution in [0.4, 0.5) is 0 Å². The summed E-state index contributed by atoms with van der Waals surface area (Å²) in [6.07, 6.45) is 0. The molecule has 90 valence electrons. The van der Waals surface area contributed by atoms with E-state index < -0.39 is 10.0 Å². The summed E-state index contributed by atoms with van der Waals surface area (Å²) in [4.78, 5) is 0.139. The van der Waals surface area contributed by atoms with Crippen LogP contribution in [0.2, 0.25) is 5.02 Å². The molecule has 0 aliphatic carbocycles. The number of nitrogens with zero attached hydrogens (tertiary/aromatic N) is 1. The quantitative estimate of drug-likeness (QED) is 0.915. The molecule has 0 spiro atoms. The third-order valence-corrected chi connectivity index (χ3v) is 5.08. The van der Waals surface area contributed by atoms with Crippen LogP contribution >= 0.6 is 27.5 Å². The summed E-state index contributed by atoms with van der Waals surface area (Å²) in [6, 6.07) is 4.37. The number of halogens is 2. The van der Waals surface area contributed by atoms with Gasteiger partial charge in [-0.05, 0) is 34.1 Å². The molecule has 1 aromatic carbocycles. The summed E-state index contributed by atoms with van der Waals surface area (Å²) >= 11 is 8.94. The highest BCUT2D eigenvalue weighted by Crippen LogP contribution is 2.26. The SMILES string of the molecule is CN(CCO)S(=O)(=O)c1ccc(Cl)c(Br)c1. The van der Waals surface area contributed by atoms with Gasteiger partial charge in [0.25, 0.3) is 0 Å². The Morgan fingerprint density at radius 1 is 1.50 bits per heavy atom. The van der Waals surface area contributed by atoms with Crippen molar-refractivity contribution < 1.29 is 13.5 Å². The molecule has 0 radical (unpaired) electrons. The lowest BCUT2D eigenvalue weighted by Crippen LogP contribution is -2.29. The molecule has 16 heavy (non-hydrogen) atoms. The van der Waals surface area contributed by atoms with E-state index in [0.29, 0.717) is 9.50 Å². The second-order valence-corrected chi connectivity index (χ2v) is 6.43. The van der Waals surface area contributed by atoms with Crippen molar-refractivity contribution in [3.8, 4) is 0 Å². The van der Waals surface area contributed by atoms with Crippen molar-refractivity contribution in [2.45, 2.75) is 4.90 Å². The van der Waals surface area contributed by atoms with Crippen LogP contribution in [-0.4, -0.2) is 38.0 Å². The molecule has 1 N–H and O–H groups in total. The number of hydrogen-bond acceptors (Lipinski definition) is 3. The zero-order chi connectivity index (χ0) is 12.3. The summed E-state index contributed by atoms with van der Waals surface area (Å²) in [5.41, 5.74) is 0. The summed E-state index contributed by atoms with van der Waals surface area (Å²) < 4.78 is 25.5. The molecular weight excluding hydrogens is 318 g/mol. The fourth-order valence-electron chi connectivity index (χ4n) is 1.08. The van der Waals surface area contributed by atoms with Crippen LogP contribution < -0.4 is 0 Å². The number of rotatable bonds is 4. The topological polar surface area (TPSA) is 57.6 Å². The minimum Gasteiger partial charge on any atom is -0.395 e. The van der Waals surface area contributed by atoms with Crippen LogP contribution in [0.15, 0.2) is 27.6 Å². The molecule has 0 atom stereocenters. The Balaban J connectivity index is 3.12. The molecule has 0 aromatic heterocycles. The van der Waals surface area contributed by atoms with Crippen LogP contribution in [0.5, 0.6) is 0 Å². The number of sulfonamides is 1. The van der Waals surface area contributed by atoms with E-state index in [1.807, 2.05) is 0 Å². The van der Waals surface area contributed by atoms with E-state index in [1.54, 1.807) is 0 Å². The number of aliphatic hydroxyl groups excluding tert-OH is 1. The van der Waals surface area contributed by atoms with E-state index in [4.69, 9.17) is 16.7 Å². The van der Waals surface area contributed by atoms with Crippen molar-refractivity contribution in [1.82, 2.24) is 4.31 Å². The van der Waals surface area contributed by atoms with Gasteiger partial charge < -0.3 is 5.11 Å². The molecule has 7 heteroatoms. The number of hydrogen-bond donors (Lipinski definition) is 1. The van der Waals surface area contributed by atoms with E-state index in [0.717, 1.165) is 4.31 Å². The van der Waals surface area contributed by atoms with Crippen molar-refractivity contribution in [3.63, 3.8) is 0 Å². The van der Waals surface area contributed by atoms with E-state index >= 15 is 0 Å². The Bertz CT molecular complexity index is 478. The zero-order valence-electron chi connectivity index (χ0n) is 8.52. The molecular formula is C9H11BrClNO3S. The molecule has 0 unspecified atom stereocenters. The summed E-state index contributed by atoms with van der Waals surface area (Å²) in [6.45, 7) is -0.160. The highest BCUT2D eigenvalue weighted by Gasteiger charge is 2.20. The first-order chi connectivity index (χ1) is 7.39. The van der Waals surface area contributed by atoms with Gasteiger partial charge in [-0.3, -0.25) is 0 Å². The van der Waals surface area contributed by atoms with Crippen LogP contribution in [-0.2, 0) is 10.0 Å². The fourth-order valence-corrected chi connectivity index (χ4v) is 2.91. The first-order valence-electron chi connectivity index (χ1n) is 4.42. The predicted octanol–water partition coefficient (Wildman–Crippen LogP) is 1.72. The van der Waals surface area contributed by atoms with Gasteiger partial charge in [-0.2, -0.15) is 4.31 Å². The van der Waals surface area contributed by atoms with Gasteiger partial charge in [0.2, 0.25) is 10.0 Å². The van der Waals surface area contributed by atoms with Gasteiger partial charge in [0.05, 0.1) is 16.5 Å². The number of benzene rings is 1. The van der Waals surface area contributed by atoms with Gasteiger partial charge in [-0.15, -0.1) is 0 Å². The first kappa shape index (κ1) is 13.9. The normalized spacial score (nSPS) is 12.1. The molecule has 1 rings (SSSR count). The molecule has 0 saturated carbocycles. The Labute approximate surface area is 108 Å². The van der Waals surface area contributed by atoms with E-state index in [-0.39, 0.29) is 18.0 Å². The van der Waals surface area contributed by atoms with Gasteiger partial charge >= 0.3 is 0 Å². The predicted molar refractivity (Wildman–Crippen MR) is 66.1 cm³/mol. The lowest BCUT2D eigenvalue weighted by atomic mass is 10.4. The molecule has 0 aliphatic rings. The monoisotopic (exact) mass is 327 g/mol. The minimum atomic E-state index is -3.56. The van der Waals surface area contributed by atoms with Crippen molar-refractivity contribution >= 4 is 37.6 Å². The van der Waals surface area contributed by atoms with E-state index in [1.165, 1.54) is 25.2 Å². The molecule has 0 amide bonds. The first-order valence-corrected chi connectivity index (χ1v) is 7.03. The maximum Gasteiger partial charge on any atom is 0.242 e. The summed E-state index contributed by atoms with van der Waals surface area (Å²) in [7, 11) is -2.14. The van der Waals surface area contributed by atoms with Crippen LogP contribution in [0.25, 0.3) is 0 Å². The summed E-state index contributed by atoms with van der Waals surface area (Å²) in [5.74, 6) is 0. The van der Waals surface area contributed by atoms with E-state index in [9.17, 15) is 8.42 Å². The molecule has 0 bridgehead atoms. The Morgan fingerprint density at radius 3 is 2.62 bits per heavy atom. The number of likely N-dealkylation sites (N-methyl/N-ethyl adjacent to an activating group) is 1. The van der Waals surface area contributed by atoms with Crippen molar-refractivity contribution in [2.75, 3.05) is 20.2 Å². The zero-order valence-corrected chi connectivity index (χ0v) is 11.7. The molecule has 0 saturated heterocycles. The van der Waals surface area contributed by atoms with E-state index in [2.05, 4.69) is 15.9 Å². The van der Waals surface area contributed by atoms with Gasteiger partial charge in [0, 0.05) is 18.1 Å².